The topological polar surface area (TPSA) is 179 Å². The van der Waals surface area contributed by atoms with E-state index < -0.39 is 51.8 Å². The molecule has 1 unspecified atom stereocenters. The number of β-lactam (4-membered cyclic amide) rings is 1. The number of carbonyl (C=O) groups excluding carboxylic acids is 3. The van der Waals surface area contributed by atoms with E-state index in [9.17, 15) is 19.2 Å². The fourth-order valence-electron chi connectivity index (χ4n) is 8.57. The van der Waals surface area contributed by atoms with Gasteiger partial charge in [-0.25, -0.2) is 18.6 Å². The van der Waals surface area contributed by atoms with E-state index >= 15 is 8.78 Å². The van der Waals surface area contributed by atoms with Gasteiger partial charge < -0.3 is 29.5 Å². The number of nitrogens with one attached hydrogen (secondary N) is 2. The number of fused-ring (bicyclic) bond motifs is 2. The van der Waals surface area contributed by atoms with Gasteiger partial charge in [-0.15, -0.1) is 56.4 Å². The number of thioether (sulfide) groups is 2. The molecule has 15 nitrogen and oxygen atoms in total. The molecule has 8 aromatic rings. The molecule has 2 N–H and O–H groups in total. The number of aromatic nitrogens is 4. The number of nitrogens with zero attached hydrogens (tertiary/aromatic N) is 6. The number of hydrogen-bond donors (Lipinski definition) is 2. The number of rotatable bonds is 18. The highest BCUT2D eigenvalue weighted by Gasteiger charge is 2.55. The molecule has 2 amide bonds. The summed E-state index contributed by atoms with van der Waals surface area (Å²) in [5.41, 5.74) is 2.49. The Morgan fingerprint density at radius 2 is 1.57 bits per heavy atom. The van der Waals surface area contributed by atoms with Crippen molar-refractivity contribution in [2.45, 2.75) is 37.8 Å². The summed E-state index contributed by atoms with van der Waals surface area (Å²) in [7, 11) is 4.48. The van der Waals surface area contributed by atoms with Crippen LogP contribution in [0.2, 0.25) is 0 Å². The lowest BCUT2D eigenvalue weighted by Crippen LogP contribution is -2.71. The van der Waals surface area contributed by atoms with Gasteiger partial charge >= 0.3 is 5.97 Å². The van der Waals surface area contributed by atoms with E-state index in [1.54, 1.807) is 36.7 Å². The van der Waals surface area contributed by atoms with Crippen LogP contribution in [0.15, 0.2) is 175 Å². The van der Waals surface area contributed by atoms with Gasteiger partial charge in [0.15, 0.2) is 27.2 Å². The second-order valence-electron chi connectivity index (χ2n) is 16.8. The summed E-state index contributed by atoms with van der Waals surface area (Å²) in [6, 6.07) is 38.1. The van der Waals surface area contributed by atoms with E-state index in [1.807, 2.05) is 91.0 Å². The summed E-state index contributed by atoms with van der Waals surface area (Å²) in [5, 5.41) is 19.8. The molecule has 0 aliphatic carbocycles. The third-order valence-electron chi connectivity index (χ3n) is 12.2. The fraction of sp³-hybridized carbons (Fsp3) is 0.170. The normalized spacial score (nSPS) is 15.6. The van der Waals surface area contributed by atoms with Crippen molar-refractivity contribution in [3.8, 4) is 5.75 Å². The maximum absolute atomic E-state index is 16.1. The predicted molar refractivity (Wildman–Crippen MR) is 287 cm³/mol. The molecule has 5 heterocycles. The molecular formula is C53H42F2N8O7S5. The smallest absolute Gasteiger partial charge is 0.355 e. The molecule has 5 aromatic carbocycles. The van der Waals surface area contributed by atoms with Crippen LogP contribution in [0.5, 0.6) is 5.75 Å². The Labute approximate surface area is 448 Å². The van der Waals surface area contributed by atoms with Gasteiger partial charge in [-0.2, -0.15) is 0 Å². The van der Waals surface area contributed by atoms with Crippen LogP contribution < -0.4 is 20.8 Å². The van der Waals surface area contributed by atoms with Gasteiger partial charge in [0.05, 0.1) is 20.9 Å². The Balaban J connectivity index is 0.907. The number of hydrogen-bond acceptors (Lipinski definition) is 17. The van der Waals surface area contributed by atoms with E-state index in [2.05, 4.69) is 26.0 Å². The van der Waals surface area contributed by atoms with Gasteiger partial charge in [-0.3, -0.25) is 19.3 Å². The lowest BCUT2D eigenvalue weighted by molar-refractivity contribution is -0.153. The van der Waals surface area contributed by atoms with Crippen LogP contribution in [0.25, 0.3) is 10.1 Å². The molecule has 2 atom stereocenters. The first-order valence-electron chi connectivity index (χ1n) is 22.9. The first-order chi connectivity index (χ1) is 36.5. The number of aryl methyl sites for hydroxylation is 1. The molecule has 22 heteroatoms. The van der Waals surface area contributed by atoms with Gasteiger partial charge in [0.1, 0.15) is 60.0 Å². The predicted octanol–water partition coefficient (Wildman–Crippen LogP) is 9.23. The molecule has 0 spiro atoms. The molecular weight excluding hydrogens is 1060 g/mol. The van der Waals surface area contributed by atoms with Crippen molar-refractivity contribution in [3.63, 3.8) is 0 Å². The minimum atomic E-state index is -1.09. The lowest BCUT2D eigenvalue weighted by atomic mass is 9.77. The van der Waals surface area contributed by atoms with Crippen molar-refractivity contribution in [3.05, 3.63) is 200 Å². The Hall–Kier alpha value is -7.37. The highest BCUT2D eigenvalue weighted by molar-refractivity contribution is 8.02. The number of esters is 1. The first kappa shape index (κ1) is 51.1. The third-order valence-corrected chi connectivity index (χ3v) is 17.9. The number of oxime groups is 1. The summed E-state index contributed by atoms with van der Waals surface area (Å²) < 4.78 is 44.3. The highest BCUT2D eigenvalue weighted by Crippen LogP contribution is 2.44. The van der Waals surface area contributed by atoms with Crippen LogP contribution in [0.4, 0.5) is 13.9 Å². The molecule has 2 aliphatic rings. The maximum Gasteiger partial charge on any atom is 0.355 e. The fourth-order valence-corrected chi connectivity index (χ4v) is 13.9. The number of thiazole rings is 1. The second-order valence-corrected chi connectivity index (χ2v) is 22.1. The van der Waals surface area contributed by atoms with Crippen LogP contribution in [0, 0.1) is 11.6 Å². The quantitative estimate of drug-likeness (QED) is 0.0207. The van der Waals surface area contributed by atoms with Gasteiger partial charge in [0.2, 0.25) is 0 Å². The number of methoxy groups -OCH3 is 1. The molecule has 10 rings (SSSR count). The number of benzene rings is 5. The van der Waals surface area contributed by atoms with Gasteiger partial charge in [0, 0.05) is 35.4 Å². The molecule has 75 heavy (non-hydrogen) atoms. The third kappa shape index (κ3) is 10.3. The summed E-state index contributed by atoms with van der Waals surface area (Å²) >= 11 is 5.44. The van der Waals surface area contributed by atoms with Crippen molar-refractivity contribution >= 4 is 96.7 Å². The lowest BCUT2D eigenvalue weighted by Gasteiger charge is -2.49. The zero-order valence-corrected chi connectivity index (χ0v) is 44.0. The number of halogens is 2. The number of amides is 2. The van der Waals surface area contributed by atoms with Crippen LogP contribution >= 0.6 is 58.0 Å². The van der Waals surface area contributed by atoms with Crippen molar-refractivity contribution in [2.24, 2.45) is 12.2 Å². The van der Waals surface area contributed by atoms with Crippen LogP contribution in [0.3, 0.4) is 0 Å². The number of carbonyl (C=O) groups is 3. The first-order valence-corrected chi connectivity index (χ1v) is 27.4. The average molecular weight is 1100 g/mol. The van der Waals surface area contributed by atoms with Crippen molar-refractivity contribution in [2.75, 3.05) is 31.0 Å². The molecule has 0 radical (unpaired) electrons. The second kappa shape index (κ2) is 22.2. The standard InChI is InChI=1S/C53H42F2N8O7S5/c1-62-29-56-60-52(62)75-46-37(54)23-36-39(64)24-40(74-45(36)41(46)55)71-26-31-27-72-49-43(48(66)63(49)44(31)50(67)70-25-30-19-21-35(68-2)22-20-30)58-47(65)42(61-69-3)38-28-73-51(57-38)59-53(32-13-7-4-8-14-32,33-15-9-5-10-16-33)34-17-11-6-12-18-34/h4-24,28-29,43,49H,25-27H2,1-3H3,(H,57,59)(H,58,65)/b61-42-/t43?,49-/m0/s1. The summed E-state index contributed by atoms with van der Waals surface area (Å²) in [6.45, 7) is -0.131. The van der Waals surface area contributed by atoms with Crippen molar-refractivity contribution < 1.29 is 37.5 Å². The van der Waals surface area contributed by atoms with Gasteiger partial charge in [-0.05, 0) is 57.8 Å². The van der Waals surface area contributed by atoms with E-state index in [4.69, 9.17) is 19.3 Å². The monoisotopic (exact) mass is 1100 g/mol. The minimum absolute atomic E-state index is 0.0151. The highest BCUT2D eigenvalue weighted by atomic mass is 32.2. The average Bonchev–Trinajstić information content (AvgIpc) is 4.10. The van der Waals surface area contributed by atoms with Crippen molar-refractivity contribution in [1.29, 1.82) is 0 Å². The zero-order chi connectivity index (χ0) is 52.2. The Bertz CT molecular complexity index is 3470. The minimum Gasteiger partial charge on any atom is -0.497 e. The van der Waals surface area contributed by atoms with E-state index in [0.29, 0.717) is 26.2 Å². The van der Waals surface area contributed by atoms with Crippen LogP contribution in [-0.2, 0) is 43.2 Å². The van der Waals surface area contributed by atoms with Gasteiger partial charge in [0.25, 0.3) is 11.8 Å². The molecule has 2 aliphatic heterocycles. The number of ether oxygens (including phenoxy) is 2. The van der Waals surface area contributed by atoms with E-state index in [0.717, 1.165) is 57.6 Å². The zero-order valence-electron chi connectivity index (χ0n) is 39.9. The molecule has 3 aromatic heterocycles. The molecule has 0 bridgehead atoms. The van der Waals surface area contributed by atoms with E-state index in [1.165, 1.54) is 59.2 Å². The number of anilines is 1. The van der Waals surface area contributed by atoms with Crippen LogP contribution in [-0.4, -0.2) is 85.3 Å². The Morgan fingerprint density at radius 1 is 0.907 bits per heavy atom. The van der Waals surface area contributed by atoms with E-state index in [-0.39, 0.29) is 55.4 Å². The van der Waals surface area contributed by atoms with Crippen molar-refractivity contribution in [1.82, 2.24) is 30.0 Å². The summed E-state index contributed by atoms with van der Waals surface area (Å²) in [6.07, 6.45) is 1.40. The molecule has 1 saturated heterocycles. The Kier molecular flexibility index (Phi) is 15.2. The molecule has 380 valence electrons. The Morgan fingerprint density at radius 3 is 2.19 bits per heavy atom. The molecule has 1 fully saturated rings. The SMILES string of the molecule is CO/N=C(\C(=O)NC1C(=O)N2C(C(=O)OCc3ccc(OC)cc3)=C(CSc3cc(=O)c4cc(F)c(Sc5nncn5C)c(F)c4s3)CS[C@@H]12)c1csc(NC(c2ccccc2)(c2ccccc2)c2ccccc2)n1. The summed E-state index contributed by atoms with van der Waals surface area (Å²) in [4.78, 5) is 67.2. The largest absolute Gasteiger partial charge is 0.497 e. The maximum atomic E-state index is 16.1. The van der Waals surface area contributed by atoms with Gasteiger partial charge in [-0.1, -0.05) is 108 Å². The summed E-state index contributed by atoms with van der Waals surface area (Å²) in [5.74, 6) is -3.02. The van der Waals surface area contributed by atoms with Crippen LogP contribution in [0.1, 0.15) is 27.9 Å². The molecule has 0 saturated carbocycles.